The number of aromatic nitrogens is 7. The standard InChI is InChI=1S/C16H10N8S2/c1-2-12-15(17-5-1)26-16(21-12)22-14-10-6-9(25-13-7-20-24-23-13)3-4-11(10)18-8-19-14/h1-8H,(H,20,23,24)(H,18,19,21,22). The van der Waals surface area contributed by atoms with Crippen molar-refractivity contribution in [1.82, 2.24) is 35.3 Å². The van der Waals surface area contributed by atoms with Crippen molar-refractivity contribution in [3.63, 3.8) is 0 Å². The summed E-state index contributed by atoms with van der Waals surface area (Å²) in [5.74, 6) is 0.708. The Morgan fingerprint density at radius 2 is 2.08 bits per heavy atom. The number of hydrogen-bond donors (Lipinski definition) is 2. The summed E-state index contributed by atoms with van der Waals surface area (Å²) in [4.78, 5) is 19.5. The first-order chi connectivity index (χ1) is 12.8. The lowest BCUT2D eigenvalue weighted by Crippen LogP contribution is -1.95. The highest BCUT2D eigenvalue weighted by Crippen LogP contribution is 2.32. The average molecular weight is 378 g/mol. The van der Waals surface area contributed by atoms with Crippen LogP contribution in [0.25, 0.3) is 21.3 Å². The molecule has 0 aliphatic rings. The highest BCUT2D eigenvalue weighted by atomic mass is 32.2. The molecule has 1 aromatic carbocycles. The number of H-pyrrole nitrogens is 1. The third kappa shape index (κ3) is 2.85. The van der Waals surface area contributed by atoms with Gasteiger partial charge in [-0.25, -0.2) is 19.9 Å². The first kappa shape index (κ1) is 15.2. The monoisotopic (exact) mass is 378 g/mol. The fourth-order valence-electron chi connectivity index (χ4n) is 2.49. The summed E-state index contributed by atoms with van der Waals surface area (Å²) in [7, 11) is 0. The quantitative estimate of drug-likeness (QED) is 0.488. The van der Waals surface area contributed by atoms with Crippen LogP contribution in [0.5, 0.6) is 0 Å². The van der Waals surface area contributed by atoms with Crippen LogP contribution in [-0.2, 0) is 0 Å². The van der Waals surface area contributed by atoms with Crippen molar-refractivity contribution in [3.8, 4) is 0 Å². The van der Waals surface area contributed by atoms with Crippen molar-refractivity contribution in [2.24, 2.45) is 0 Å². The van der Waals surface area contributed by atoms with Crippen LogP contribution in [-0.4, -0.2) is 35.3 Å². The second-order valence-corrected chi connectivity index (χ2v) is 7.39. The minimum absolute atomic E-state index is 0.708. The summed E-state index contributed by atoms with van der Waals surface area (Å²) in [5.41, 5.74) is 1.72. The number of nitrogens with zero attached hydrogens (tertiary/aromatic N) is 6. The van der Waals surface area contributed by atoms with Crippen LogP contribution >= 0.6 is 23.1 Å². The van der Waals surface area contributed by atoms with Gasteiger partial charge in [-0.2, -0.15) is 0 Å². The Bertz CT molecular complexity index is 1170. The van der Waals surface area contributed by atoms with Crippen molar-refractivity contribution in [3.05, 3.63) is 49.1 Å². The predicted octanol–water partition coefficient (Wildman–Crippen LogP) is 3.65. The van der Waals surface area contributed by atoms with Gasteiger partial charge in [0.05, 0.1) is 11.7 Å². The van der Waals surface area contributed by atoms with E-state index in [2.05, 4.69) is 40.7 Å². The molecule has 5 rings (SSSR count). The lowest BCUT2D eigenvalue weighted by molar-refractivity contribution is 0.911. The number of rotatable bonds is 4. The Kier molecular flexibility index (Phi) is 3.68. The van der Waals surface area contributed by atoms with Gasteiger partial charge in [-0.05, 0) is 30.3 Å². The Morgan fingerprint density at radius 3 is 2.96 bits per heavy atom. The van der Waals surface area contributed by atoms with Crippen LogP contribution < -0.4 is 5.32 Å². The van der Waals surface area contributed by atoms with E-state index in [1.165, 1.54) is 11.3 Å². The van der Waals surface area contributed by atoms with Crippen LogP contribution in [0, 0.1) is 0 Å². The zero-order valence-electron chi connectivity index (χ0n) is 13.1. The van der Waals surface area contributed by atoms with Gasteiger partial charge in [-0.3, -0.25) is 5.10 Å². The third-order valence-corrected chi connectivity index (χ3v) is 5.42. The first-order valence-corrected chi connectivity index (χ1v) is 9.26. The Hall–Kier alpha value is -3.11. The number of fused-ring (bicyclic) bond motifs is 2. The van der Waals surface area contributed by atoms with E-state index in [4.69, 9.17) is 0 Å². The molecule has 26 heavy (non-hydrogen) atoms. The van der Waals surface area contributed by atoms with Gasteiger partial charge in [0.15, 0.2) is 5.13 Å². The molecule has 0 unspecified atom stereocenters. The number of nitrogens with one attached hydrogen (secondary N) is 2. The number of anilines is 2. The highest BCUT2D eigenvalue weighted by molar-refractivity contribution is 7.99. The van der Waals surface area contributed by atoms with Gasteiger partial charge in [0.25, 0.3) is 0 Å². The topological polar surface area (TPSA) is 105 Å². The molecule has 0 aliphatic heterocycles. The van der Waals surface area contributed by atoms with Crippen molar-refractivity contribution < 1.29 is 0 Å². The van der Waals surface area contributed by atoms with Crippen molar-refractivity contribution >= 4 is 55.3 Å². The molecule has 0 amide bonds. The van der Waals surface area contributed by atoms with E-state index in [9.17, 15) is 0 Å². The van der Waals surface area contributed by atoms with E-state index in [1.807, 2.05) is 30.3 Å². The summed E-state index contributed by atoms with van der Waals surface area (Å²) < 4.78 is 0. The van der Waals surface area contributed by atoms with Crippen LogP contribution in [0.4, 0.5) is 10.9 Å². The maximum Gasteiger partial charge on any atom is 0.190 e. The molecule has 0 saturated carbocycles. The fourth-order valence-corrected chi connectivity index (χ4v) is 4.05. The molecule has 0 spiro atoms. The second kappa shape index (κ2) is 6.32. The highest BCUT2D eigenvalue weighted by Gasteiger charge is 2.10. The number of aromatic amines is 1. The van der Waals surface area contributed by atoms with E-state index >= 15 is 0 Å². The van der Waals surface area contributed by atoms with Gasteiger partial charge in [0.2, 0.25) is 0 Å². The molecule has 0 saturated heterocycles. The van der Waals surface area contributed by atoms with Crippen molar-refractivity contribution in [2.75, 3.05) is 5.32 Å². The third-order valence-electron chi connectivity index (χ3n) is 3.62. The van der Waals surface area contributed by atoms with Gasteiger partial charge in [-0.1, -0.05) is 28.3 Å². The van der Waals surface area contributed by atoms with E-state index < -0.39 is 0 Å². The maximum atomic E-state index is 4.56. The zero-order valence-corrected chi connectivity index (χ0v) is 14.8. The Balaban J connectivity index is 1.53. The molecule has 5 aromatic rings. The SMILES string of the molecule is c1cnc2sc(Nc3ncnc4ccc(Sc5cnn[nH]5)cc34)nc2c1. The summed E-state index contributed by atoms with van der Waals surface area (Å²) in [5, 5.41) is 16.2. The molecule has 0 fully saturated rings. The Morgan fingerprint density at radius 1 is 1.08 bits per heavy atom. The fraction of sp³-hybridized carbons (Fsp3) is 0. The molecular weight excluding hydrogens is 368 g/mol. The van der Waals surface area contributed by atoms with Crippen molar-refractivity contribution in [2.45, 2.75) is 9.92 Å². The molecule has 0 atom stereocenters. The summed E-state index contributed by atoms with van der Waals surface area (Å²) in [6.07, 6.45) is 4.99. The summed E-state index contributed by atoms with van der Waals surface area (Å²) in [6.45, 7) is 0. The second-order valence-electron chi connectivity index (χ2n) is 5.30. The smallest absolute Gasteiger partial charge is 0.190 e. The minimum Gasteiger partial charge on any atom is -0.316 e. The molecule has 0 radical (unpaired) electrons. The van der Waals surface area contributed by atoms with Gasteiger partial charge in [0, 0.05) is 16.5 Å². The number of pyridine rings is 1. The molecule has 0 bridgehead atoms. The normalized spacial score (nSPS) is 11.2. The summed E-state index contributed by atoms with van der Waals surface area (Å²) in [6, 6.07) is 9.82. The van der Waals surface area contributed by atoms with Crippen LogP contribution in [0.15, 0.2) is 59.0 Å². The predicted molar refractivity (Wildman–Crippen MR) is 101 cm³/mol. The number of thiazole rings is 1. The Labute approximate surface area is 155 Å². The lowest BCUT2D eigenvalue weighted by Gasteiger charge is -2.07. The van der Waals surface area contributed by atoms with Crippen LogP contribution in [0.2, 0.25) is 0 Å². The molecule has 4 heterocycles. The van der Waals surface area contributed by atoms with Crippen LogP contribution in [0.1, 0.15) is 0 Å². The van der Waals surface area contributed by atoms with E-state index in [0.717, 1.165) is 36.3 Å². The van der Waals surface area contributed by atoms with Crippen LogP contribution in [0.3, 0.4) is 0 Å². The van der Waals surface area contributed by atoms with Gasteiger partial charge in [-0.15, -0.1) is 5.10 Å². The average Bonchev–Trinajstić information content (AvgIpc) is 3.31. The summed E-state index contributed by atoms with van der Waals surface area (Å²) >= 11 is 3.03. The largest absolute Gasteiger partial charge is 0.316 e. The zero-order chi connectivity index (χ0) is 17.3. The molecule has 0 aliphatic carbocycles. The molecule has 126 valence electrons. The van der Waals surface area contributed by atoms with E-state index in [0.29, 0.717) is 5.82 Å². The molecule has 10 heteroatoms. The molecule has 4 aromatic heterocycles. The number of hydrogen-bond acceptors (Lipinski definition) is 9. The maximum absolute atomic E-state index is 4.56. The first-order valence-electron chi connectivity index (χ1n) is 7.62. The molecule has 8 nitrogen and oxygen atoms in total. The van der Waals surface area contributed by atoms with E-state index in [-0.39, 0.29) is 0 Å². The van der Waals surface area contributed by atoms with Gasteiger partial charge >= 0.3 is 0 Å². The number of benzene rings is 1. The van der Waals surface area contributed by atoms with Gasteiger partial charge < -0.3 is 5.32 Å². The van der Waals surface area contributed by atoms with Crippen molar-refractivity contribution in [1.29, 1.82) is 0 Å². The lowest BCUT2D eigenvalue weighted by atomic mass is 10.2. The van der Waals surface area contributed by atoms with E-state index in [1.54, 1.807) is 30.5 Å². The van der Waals surface area contributed by atoms with Gasteiger partial charge in [0.1, 0.15) is 27.5 Å². The minimum atomic E-state index is 0.708. The molecule has 2 N–H and O–H groups in total. The molecular formula is C16H10N8S2.